The van der Waals surface area contributed by atoms with Gasteiger partial charge in [-0.05, 0) is 13.3 Å². The minimum Gasteiger partial charge on any atom is -0.543 e. The summed E-state index contributed by atoms with van der Waals surface area (Å²) in [4.78, 5) is 25.8. The topological polar surface area (TPSA) is 116 Å². The van der Waals surface area contributed by atoms with Crippen molar-refractivity contribution in [2.24, 2.45) is 17.6 Å². The molecule has 0 aliphatic carbocycles. The van der Waals surface area contributed by atoms with Crippen LogP contribution in [0, 0.1) is 11.8 Å². The second-order valence-electron chi connectivity index (χ2n) is 6.34. The monoisotopic (exact) mass is 364 g/mol. The number of fused-ring (bicyclic) bond motifs is 1. The molecule has 9 heteroatoms. The van der Waals surface area contributed by atoms with Crippen molar-refractivity contribution >= 4 is 23.6 Å². The number of carbonyl (C=O) groups is 2. The molecule has 0 aromatic heterocycles. The molecule has 3 rings (SSSR count). The Morgan fingerprint density at radius 1 is 1.58 bits per heavy atom. The van der Waals surface area contributed by atoms with Crippen LogP contribution in [0.3, 0.4) is 0 Å². The summed E-state index contributed by atoms with van der Waals surface area (Å²) in [6, 6.07) is -0.309. The maximum absolute atomic E-state index is 12.2. The predicted molar refractivity (Wildman–Crippen MR) is 81.8 cm³/mol. The molecule has 0 saturated carbocycles. The number of hydrogen-bond acceptors (Lipinski definition) is 7. The Bertz CT molecular complexity index is 570. The van der Waals surface area contributed by atoms with Crippen LogP contribution in [0.4, 0.5) is 0 Å². The van der Waals surface area contributed by atoms with Crippen molar-refractivity contribution in [2.45, 2.75) is 43.8 Å². The summed E-state index contributed by atoms with van der Waals surface area (Å²) < 4.78 is 5.55. The van der Waals surface area contributed by atoms with Gasteiger partial charge in [0, 0.05) is 29.2 Å². The van der Waals surface area contributed by atoms with Crippen LogP contribution in [0.15, 0.2) is 10.6 Å². The molecule has 0 aromatic carbocycles. The first-order chi connectivity index (χ1) is 10.9. The zero-order valence-corrected chi connectivity index (χ0v) is 16.9. The van der Waals surface area contributed by atoms with Crippen molar-refractivity contribution in [3.63, 3.8) is 0 Å². The quantitative estimate of drug-likeness (QED) is 0.374. The molecule has 3 aliphatic heterocycles. The van der Waals surface area contributed by atoms with Gasteiger partial charge in [-0.25, -0.2) is 0 Å². The fraction of sp³-hybridized carbons (Fsp3) is 0.733. The molecular formula is C15H21N2NaO5S. The number of rotatable bonds is 5. The van der Waals surface area contributed by atoms with Crippen LogP contribution in [0.25, 0.3) is 0 Å². The number of carboxylic acids is 1. The van der Waals surface area contributed by atoms with Gasteiger partial charge in [-0.15, -0.1) is 11.8 Å². The van der Waals surface area contributed by atoms with E-state index in [1.807, 2.05) is 6.92 Å². The molecule has 3 aliphatic rings. The molecule has 7 nitrogen and oxygen atoms in total. The average molecular weight is 364 g/mol. The normalized spacial score (nSPS) is 36.2. The number of nitrogens with zero attached hydrogens (tertiary/aromatic N) is 1. The van der Waals surface area contributed by atoms with Gasteiger partial charge < -0.3 is 30.4 Å². The van der Waals surface area contributed by atoms with E-state index in [2.05, 4.69) is 0 Å². The summed E-state index contributed by atoms with van der Waals surface area (Å²) in [6.45, 7) is 4.43. The largest absolute Gasteiger partial charge is 1.00 e. The molecule has 0 radical (unpaired) electrons. The third kappa shape index (κ3) is 3.06. The van der Waals surface area contributed by atoms with Crippen molar-refractivity contribution in [3.8, 4) is 0 Å². The van der Waals surface area contributed by atoms with Crippen LogP contribution in [0.2, 0.25) is 0 Å². The third-order valence-electron chi connectivity index (χ3n) is 4.96. The van der Waals surface area contributed by atoms with Crippen molar-refractivity contribution in [2.75, 3.05) is 13.2 Å². The third-order valence-corrected chi connectivity index (χ3v) is 6.62. The van der Waals surface area contributed by atoms with Crippen molar-refractivity contribution in [1.29, 1.82) is 0 Å². The Morgan fingerprint density at radius 2 is 2.25 bits per heavy atom. The molecule has 2 fully saturated rings. The molecule has 0 spiro atoms. The van der Waals surface area contributed by atoms with Crippen molar-refractivity contribution in [3.05, 3.63) is 10.6 Å². The molecule has 0 unspecified atom stereocenters. The Labute approximate surface area is 167 Å². The van der Waals surface area contributed by atoms with Crippen LogP contribution in [0.5, 0.6) is 0 Å². The zero-order valence-electron chi connectivity index (χ0n) is 14.1. The van der Waals surface area contributed by atoms with E-state index in [1.54, 1.807) is 6.92 Å². The van der Waals surface area contributed by atoms with Gasteiger partial charge in [0.05, 0.1) is 35.8 Å². The fourth-order valence-electron chi connectivity index (χ4n) is 3.82. The van der Waals surface area contributed by atoms with Gasteiger partial charge in [-0.2, -0.15) is 0 Å². The van der Waals surface area contributed by atoms with Crippen LogP contribution in [-0.4, -0.2) is 58.5 Å². The molecule has 2 saturated heterocycles. The number of carbonyl (C=O) groups excluding carboxylic acids is 2. The minimum atomic E-state index is -1.34. The Kier molecular flexibility index (Phi) is 6.45. The molecule has 24 heavy (non-hydrogen) atoms. The average Bonchev–Trinajstić information content (AvgIpc) is 3.01. The van der Waals surface area contributed by atoms with E-state index in [4.69, 9.17) is 10.5 Å². The number of hydrogen-bond donors (Lipinski definition) is 2. The molecular weight excluding hydrogens is 343 g/mol. The zero-order chi connectivity index (χ0) is 16.9. The molecule has 1 amide bonds. The minimum absolute atomic E-state index is 0. The molecule has 0 aromatic rings. The van der Waals surface area contributed by atoms with Crippen LogP contribution < -0.4 is 40.4 Å². The van der Waals surface area contributed by atoms with Crippen LogP contribution >= 0.6 is 11.8 Å². The van der Waals surface area contributed by atoms with E-state index in [1.165, 1.54) is 16.7 Å². The number of ether oxygens (including phenoxy) is 1. The van der Waals surface area contributed by atoms with Gasteiger partial charge >= 0.3 is 29.6 Å². The van der Waals surface area contributed by atoms with Gasteiger partial charge in [0.2, 0.25) is 5.91 Å². The van der Waals surface area contributed by atoms with E-state index in [0.717, 1.165) is 6.42 Å². The summed E-state index contributed by atoms with van der Waals surface area (Å²) in [5, 5.41) is 21.5. The van der Waals surface area contributed by atoms with Crippen LogP contribution in [0.1, 0.15) is 20.3 Å². The first-order valence-electron chi connectivity index (χ1n) is 7.83. The molecule has 3 heterocycles. The Morgan fingerprint density at radius 3 is 2.79 bits per heavy atom. The predicted octanol–water partition coefficient (Wildman–Crippen LogP) is -4.34. The number of carboxylic acid groups (broad SMARTS) is 1. The van der Waals surface area contributed by atoms with E-state index in [9.17, 15) is 19.8 Å². The van der Waals surface area contributed by atoms with Crippen molar-refractivity contribution in [1.82, 2.24) is 4.90 Å². The summed E-state index contributed by atoms with van der Waals surface area (Å²) in [5.41, 5.74) is 5.65. The number of nitrogens with two attached hydrogens (primary N) is 1. The smallest absolute Gasteiger partial charge is 0.543 e. The number of aliphatic hydroxyl groups excluding tert-OH is 1. The van der Waals surface area contributed by atoms with Crippen molar-refractivity contribution < 1.29 is 54.1 Å². The molecule has 0 bridgehead atoms. The number of aliphatic carboxylic acids is 1. The van der Waals surface area contributed by atoms with Gasteiger partial charge in [0.15, 0.2) is 0 Å². The van der Waals surface area contributed by atoms with E-state index in [-0.39, 0.29) is 64.5 Å². The van der Waals surface area contributed by atoms with Gasteiger partial charge in [0.25, 0.3) is 0 Å². The maximum atomic E-state index is 12.2. The molecule has 3 N–H and O–H groups in total. The van der Waals surface area contributed by atoms with Crippen LogP contribution in [-0.2, 0) is 14.3 Å². The summed E-state index contributed by atoms with van der Waals surface area (Å²) in [7, 11) is 0. The van der Waals surface area contributed by atoms with Gasteiger partial charge in [0.1, 0.15) is 0 Å². The summed E-state index contributed by atoms with van der Waals surface area (Å²) >= 11 is 1.43. The standard InChI is InChI=1S/C15H22N2O5S.Na/c1-6-11-10(7(2)18)14(19)17(11)12(15(20)21)13(6)23-9-3-4-22-8(9)5-16;/h6-11,18H,3-5,16H2,1-2H3,(H,20,21);/q;+1/p-1/t6-,7-,8-,9-,10-,11-;/m1./s1. The second-order valence-corrected chi connectivity index (χ2v) is 7.63. The molecule has 6 atom stereocenters. The first-order valence-corrected chi connectivity index (χ1v) is 8.71. The summed E-state index contributed by atoms with van der Waals surface area (Å²) in [5.74, 6) is -2.39. The van der Waals surface area contributed by atoms with E-state index in [0.29, 0.717) is 18.1 Å². The fourth-order valence-corrected chi connectivity index (χ4v) is 5.34. The van der Waals surface area contributed by atoms with E-state index >= 15 is 0 Å². The van der Waals surface area contributed by atoms with E-state index < -0.39 is 18.0 Å². The molecule has 128 valence electrons. The first kappa shape index (κ1) is 20.2. The van der Waals surface area contributed by atoms with Gasteiger partial charge in [-0.1, -0.05) is 6.92 Å². The number of thioether (sulfide) groups is 1. The SMILES string of the molecule is C[C@@H](O)[C@H]1C(=O)N2C(C(=O)[O-])=C(S[C@@H]3CCO[C@@H]3CN)[C@H](C)[C@H]12.[Na+]. The number of aliphatic hydroxyl groups is 1. The second kappa shape index (κ2) is 7.65. The Hall–Kier alpha value is -0.0900. The number of β-lactam (4-membered cyclic amide) rings is 1. The summed E-state index contributed by atoms with van der Waals surface area (Å²) in [6.07, 6.45) is -0.119. The van der Waals surface area contributed by atoms with Gasteiger partial charge in [-0.3, -0.25) is 4.79 Å². The number of amides is 1. The maximum Gasteiger partial charge on any atom is 1.00 e. The Balaban J connectivity index is 0.00000208.